The summed E-state index contributed by atoms with van der Waals surface area (Å²) in [4.78, 5) is 0. The van der Waals surface area contributed by atoms with Gasteiger partial charge < -0.3 is 0 Å². The maximum atomic E-state index is 11.4. The molecule has 0 amide bonds. The average molecular weight is 189 g/mol. The van der Waals surface area contributed by atoms with E-state index in [4.69, 9.17) is 0 Å². The van der Waals surface area contributed by atoms with Gasteiger partial charge in [0.2, 0.25) is 0 Å². The van der Waals surface area contributed by atoms with Gasteiger partial charge in [-0.05, 0) is 26.2 Å². The fourth-order valence-corrected chi connectivity index (χ4v) is 1.09. The predicted molar refractivity (Wildman–Crippen MR) is 55.8 cm³/mol. The minimum absolute atomic E-state index is 0.0148. The highest BCUT2D eigenvalue weighted by Gasteiger charge is 2.19. The molecule has 0 saturated carbocycles. The van der Waals surface area contributed by atoms with Crippen LogP contribution in [0.1, 0.15) is 41.5 Å². The van der Waals surface area contributed by atoms with E-state index in [0.29, 0.717) is 0 Å². The molecule has 12 heavy (non-hydrogen) atoms. The van der Waals surface area contributed by atoms with Crippen molar-refractivity contribution in [3.63, 3.8) is 0 Å². The summed E-state index contributed by atoms with van der Waals surface area (Å²) in [6.07, 6.45) is 1.76. The molecule has 0 aliphatic carbocycles. The number of hydrogen-bond acceptors (Lipinski definition) is 1. The first-order valence-corrected chi connectivity index (χ1v) is 5.21. The van der Waals surface area contributed by atoms with Gasteiger partial charge in [0.15, 0.2) is 0 Å². The van der Waals surface area contributed by atoms with Crippen LogP contribution in [0.5, 0.6) is 0 Å². The van der Waals surface area contributed by atoms with Crippen LogP contribution in [-0.2, 0) is 11.0 Å². The monoisotopic (exact) mass is 189 g/mol. The first-order valence-electron chi connectivity index (χ1n) is 4.10. The Morgan fingerprint density at radius 1 is 1.08 bits per heavy atom. The van der Waals surface area contributed by atoms with Gasteiger partial charge in [-0.25, -0.2) is 4.21 Å². The van der Waals surface area contributed by atoms with Crippen molar-refractivity contribution in [2.24, 2.45) is 9.81 Å². The Morgan fingerprint density at radius 2 is 1.50 bits per heavy atom. The van der Waals surface area contributed by atoms with Gasteiger partial charge in [-0.1, -0.05) is 20.8 Å². The van der Waals surface area contributed by atoms with Crippen molar-refractivity contribution >= 4 is 17.2 Å². The zero-order chi connectivity index (χ0) is 9.99. The zero-order valence-electron chi connectivity index (χ0n) is 8.84. The fraction of sp³-hybridized carbons (Fsp3) is 0.889. The van der Waals surface area contributed by atoms with E-state index in [1.54, 1.807) is 6.21 Å². The van der Waals surface area contributed by atoms with E-state index >= 15 is 0 Å². The molecule has 0 spiro atoms. The van der Waals surface area contributed by atoms with Crippen LogP contribution in [-0.4, -0.2) is 15.2 Å². The summed E-state index contributed by atoms with van der Waals surface area (Å²) >= 11 is 0. The fourth-order valence-electron chi connectivity index (χ4n) is 0.364. The SMILES string of the molecule is CC(C)(C)C=N[S@@](=O)C(C)(C)C. The molecule has 0 aromatic heterocycles. The van der Waals surface area contributed by atoms with Crippen molar-refractivity contribution in [3.8, 4) is 0 Å². The van der Waals surface area contributed by atoms with Crippen LogP contribution in [0.15, 0.2) is 4.40 Å². The highest BCUT2D eigenvalue weighted by atomic mass is 32.2. The van der Waals surface area contributed by atoms with Crippen LogP contribution >= 0.6 is 0 Å². The van der Waals surface area contributed by atoms with Gasteiger partial charge in [-0.3, -0.25) is 0 Å². The summed E-state index contributed by atoms with van der Waals surface area (Å²) in [6, 6.07) is 0. The number of rotatable bonds is 1. The minimum atomic E-state index is -1.11. The second-order valence-corrected chi connectivity index (χ2v) is 6.90. The molecule has 72 valence electrons. The molecular formula is C9H19NOS. The van der Waals surface area contributed by atoms with Gasteiger partial charge in [0.1, 0.15) is 11.0 Å². The van der Waals surface area contributed by atoms with Gasteiger partial charge in [0.05, 0.1) is 4.75 Å². The van der Waals surface area contributed by atoms with Gasteiger partial charge in [-0.2, -0.15) is 4.40 Å². The first kappa shape index (κ1) is 11.8. The van der Waals surface area contributed by atoms with Crippen LogP contribution < -0.4 is 0 Å². The van der Waals surface area contributed by atoms with Crippen molar-refractivity contribution in [1.29, 1.82) is 0 Å². The molecule has 0 unspecified atom stereocenters. The first-order chi connectivity index (χ1) is 5.13. The van der Waals surface area contributed by atoms with Crippen molar-refractivity contribution in [2.75, 3.05) is 0 Å². The van der Waals surface area contributed by atoms with E-state index in [-0.39, 0.29) is 10.2 Å². The summed E-state index contributed by atoms with van der Waals surface area (Å²) in [6.45, 7) is 11.9. The molecule has 1 atom stereocenters. The van der Waals surface area contributed by atoms with Crippen LogP contribution in [0.3, 0.4) is 0 Å². The molecule has 3 heteroatoms. The Balaban J connectivity index is 4.30. The Kier molecular flexibility index (Phi) is 3.63. The highest BCUT2D eigenvalue weighted by molar-refractivity contribution is 7.85. The van der Waals surface area contributed by atoms with Crippen LogP contribution in [0, 0.1) is 5.41 Å². The van der Waals surface area contributed by atoms with Gasteiger partial charge >= 0.3 is 0 Å². The van der Waals surface area contributed by atoms with Gasteiger partial charge in [0, 0.05) is 6.21 Å². The zero-order valence-corrected chi connectivity index (χ0v) is 9.66. The normalized spacial score (nSPS) is 16.8. The van der Waals surface area contributed by atoms with Crippen molar-refractivity contribution in [2.45, 2.75) is 46.3 Å². The van der Waals surface area contributed by atoms with E-state index in [0.717, 1.165) is 0 Å². The summed E-state index contributed by atoms with van der Waals surface area (Å²) in [5, 5.41) is 0. The highest BCUT2D eigenvalue weighted by Crippen LogP contribution is 2.14. The van der Waals surface area contributed by atoms with Crippen LogP contribution in [0.2, 0.25) is 0 Å². The molecule has 0 heterocycles. The molecule has 0 aliphatic heterocycles. The Hall–Kier alpha value is -0.180. The van der Waals surface area contributed by atoms with E-state index in [1.165, 1.54) is 0 Å². The lowest BCUT2D eigenvalue weighted by molar-refractivity contribution is 0.606. The van der Waals surface area contributed by atoms with Crippen molar-refractivity contribution in [1.82, 2.24) is 0 Å². The molecule has 0 aromatic rings. The molecular weight excluding hydrogens is 170 g/mol. The molecule has 0 aliphatic rings. The molecule has 0 N–H and O–H groups in total. The molecule has 2 nitrogen and oxygen atoms in total. The topological polar surface area (TPSA) is 29.4 Å². The Labute approximate surface area is 78.1 Å². The van der Waals surface area contributed by atoms with Crippen LogP contribution in [0.25, 0.3) is 0 Å². The number of hydrogen-bond donors (Lipinski definition) is 0. The molecule has 0 aromatic carbocycles. The molecule has 0 bridgehead atoms. The minimum Gasteiger partial charge on any atom is -0.234 e. The maximum Gasteiger partial charge on any atom is 0.144 e. The third-order valence-corrected chi connectivity index (χ3v) is 2.40. The van der Waals surface area contributed by atoms with Gasteiger partial charge in [-0.15, -0.1) is 0 Å². The van der Waals surface area contributed by atoms with Crippen LogP contribution in [0.4, 0.5) is 0 Å². The van der Waals surface area contributed by atoms with Gasteiger partial charge in [0.25, 0.3) is 0 Å². The average Bonchev–Trinajstić information content (AvgIpc) is 1.78. The second-order valence-electron chi connectivity index (χ2n) is 4.96. The quantitative estimate of drug-likeness (QED) is 0.583. The summed E-state index contributed by atoms with van der Waals surface area (Å²) in [5.41, 5.74) is 0.0148. The largest absolute Gasteiger partial charge is 0.234 e. The lowest BCUT2D eigenvalue weighted by Gasteiger charge is -2.15. The van der Waals surface area contributed by atoms with E-state index in [1.807, 2.05) is 41.5 Å². The molecule has 0 fully saturated rings. The van der Waals surface area contributed by atoms with E-state index in [9.17, 15) is 4.21 Å². The molecule has 0 saturated heterocycles. The molecule has 0 rings (SSSR count). The summed E-state index contributed by atoms with van der Waals surface area (Å²) in [5.74, 6) is 0. The smallest absolute Gasteiger partial charge is 0.144 e. The third kappa shape index (κ3) is 5.47. The van der Waals surface area contributed by atoms with Crippen molar-refractivity contribution in [3.05, 3.63) is 0 Å². The van der Waals surface area contributed by atoms with E-state index in [2.05, 4.69) is 4.40 Å². The number of nitrogens with zero attached hydrogens (tertiary/aromatic N) is 1. The summed E-state index contributed by atoms with van der Waals surface area (Å²) in [7, 11) is -1.11. The summed E-state index contributed by atoms with van der Waals surface area (Å²) < 4.78 is 15.2. The second kappa shape index (κ2) is 3.69. The van der Waals surface area contributed by atoms with Crippen molar-refractivity contribution < 1.29 is 4.21 Å². The lowest BCUT2D eigenvalue weighted by Crippen LogP contribution is -2.20. The third-order valence-electron chi connectivity index (χ3n) is 1.06. The molecule has 0 radical (unpaired) electrons. The lowest BCUT2D eigenvalue weighted by atomic mass is 10.00. The standard InChI is InChI=1S/C9H19NOS/c1-8(2,3)7-10-12(11)9(4,5)6/h7H,1-6H3/t12-/m0/s1. The predicted octanol–water partition coefficient (Wildman–Crippen LogP) is 2.57. The Morgan fingerprint density at radius 3 is 1.75 bits per heavy atom. The maximum absolute atomic E-state index is 11.4. The Bertz CT molecular complexity index is 196. The van der Waals surface area contributed by atoms with E-state index < -0.39 is 11.0 Å².